The minimum Gasteiger partial charge on any atom is -0.674 e. The summed E-state index contributed by atoms with van der Waals surface area (Å²) in [6.07, 6.45) is -1.35. The molecular formula is C7H14O8P-. The van der Waals surface area contributed by atoms with Crippen molar-refractivity contribution in [2.24, 2.45) is 0 Å². The number of hydrogen-bond donors (Lipinski definition) is 3. The largest absolute Gasteiger partial charge is 0.674 e. The lowest BCUT2D eigenvalue weighted by Gasteiger charge is -2.27. The Morgan fingerprint density at radius 2 is 2.00 bits per heavy atom. The summed E-state index contributed by atoms with van der Waals surface area (Å²) in [7, 11) is -3.15. The fraction of sp³-hybridized carbons (Fsp3) is 0.857. The molecule has 3 atom stereocenters. The van der Waals surface area contributed by atoms with Crippen LogP contribution in [0.5, 0.6) is 0 Å². The molecule has 0 heterocycles. The summed E-state index contributed by atoms with van der Waals surface area (Å²) in [5.74, 6) is -0.539. The van der Waals surface area contributed by atoms with Crippen LogP contribution in [0, 0.1) is 0 Å². The first kappa shape index (κ1) is 17.9. The van der Waals surface area contributed by atoms with E-state index in [0.29, 0.717) is 0 Å². The first-order valence-corrected chi connectivity index (χ1v) is 5.30. The highest BCUT2D eigenvalue weighted by molar-refractivity contribution is 7.30. The van der Waals surface area contributed by atoms with E-state index in [-0.39, 0.29) is 6.42 Å². The summed E-state index contributed by atoms with van der Waals surface area (Å²) in [4.78, 5) is 19.5. The Kier molecular flexibility index (Phi) is 9.69. The van der Waals surface area contributed by atoms with E-state index in [1.807, 2.05) is 0 Å². The monoisotopic (exact) mass is 257 g/mol. The molecule has 0 spiro atoms. The Morgan fingerprint density at radius 1 is 1.62 bits per heavy atom. The predicted molar refractivity (Wildman–Crippen MR) is 47.7 cm³/mol. The first-order chi connectivity index (χ1) is 7.25. The molecule has 0 fully saturated rings. The molecule has 0 aromatic heterocycles. The van der Waals surface area contributed by atoms with E-state index in [9.17, 15) is 9.90 Å². The zero-order valence-corrected chi connectivity index (χ0v) is 9.72. The van der Waals surface area contributed by atoms with Gasteiger partial charge in [0, 0.05) is 0 Å². The summed E-state index contributed by atoms with van der Waals surface area (Å²) in [6, 6.07) is 0. The van der Waals surface area contributed by atoms with E-state index in [1.54, 1.807) is 6.92 Å². The van der Waals surface area contributed by atoms with Gasteiger partial charge in [0.15, 0.2) is 5.78 Å². The lowest BCUT2D eigenvalue weighted by Crippen LogP contribution is -2.48. The normalized spacial score (nSPS) is 16.6. The van der Waals surface area contributed by atoms with Gasteiger partial charge in [-0.3, -0.25) is 4.79 Å². The average Bonchev–Trinajstić information content (AvgIpc) is 2.27. The van der Waals surface area contributed by atoms with E-state index in [2.05, 4.69) is 4.67 Å². The quantitative estimate of drug-likeness (QED) is 0.275. The van der Waals surface area contributed by atoms with Gasteiger partial charge < -0.3 is 25.5 Å². The van der Waals surface area contributed by atoms with Crippen molar-refractivity contribution in [2.45, 2.75) is 32.0 Å². The van der Waals surface area contributed by atoms with Gasteiger partial charge in [-0.1, -0.05) is 6.92 Å². The van der Waals surface area contributed by atoms with E-state index < -0.39 is 32.4 Å². The highest BCUT2D eigenvalue weighted by atomic mass is 31.1. The second kappa shape index (κ2) is 8.66. The summed E-state index contributed by atoms with van der Waals surface area (Å²) in [5.41, 5.74) is -1.67. The van der Waals surface area contributed by atoms with E-state index in [1.165, 1.54) is 6.92 Å². The van der Waals surface area contributed by atoms with Gasteiger partial charge in [-0.2, -0.15) is 0 Å². The van der Waals surface area contributed by atoms with Crippen LogP contribution in [-0.4, -0.2) is 39.4 Å². The van der Waals surface area contributed by atoms with Gasteiger partial charge in [-0.25, -0.2) is 4.67 Å². The van der Waals surface area contributed by atoms with Crippen molar-refractivity contribution >= 4 is 14.0 Å². The summed E-state index contributed by atoms with van der Waals surface area (Å²) < 4.78 is 11.3. The predicted octanol–water partition coefficient (Wildman–Crippen LogP) is -2.63. The topological polar surface area (TPSA) is 150 Å². The van der Waals surface area contributed by atoms with Gasteiger partial charge in [0.2, 0.25) is 0 Å². The van der Waals surface area contributed by atoms with Crippen molar-refractivity contribution in [3.05, 3.63) is 0 Å². The van der Waals surface area contributed by atoms with Crippen LogP contribution in [0.15, 0.2) is 0 Å². The molecule has 0 aromatic carbocycles. The third kappa shape index (κ3) is 6.91. The number of hydrogen-bond acceptors (Lipinski definition) is 8. The molecule has 9 heteroatoms. The van der Waals surface area contributed by atoms with E-state index in [4.69, 9.17) is 24.9 Å². The maximum atomic E-state index is 10.6. The molecule has 0 amide bonds. The SMILES string of the molecule is CCC(O)(CO)C(O)C(C)=O.O=[P+]([O-])O[O-]. The Morgan fingerprint density at radius 3 is 2.06 bits per heavy atom. The lowest BCUT2D eigenvalue weighted by atomic mass is 9.92. The Labute approximate surface area is 93.0 Å². The number of ketones is 1. The van der Waals surface area contributed by atoms with Crippen LogP contribution in [-0.2, 0) is 14.0 Å². The standard InChI is InChI=1S/C7H14O4.HO4P/c1-3-7(11,4-8)6(10)5(2)9;1-4-5(2)3/h6,8,10-11H,3-4H2,1-2H3;1H/p-1. The Balaban J connectivity index is 0. The van der Waals surface area contributed by atoms with Gasteiger partial charge >= 0.3 is 8.25 Å². The van der Waals surface area contributed by atoms with Crippen molar-refractivity contribution in [3.8, 4) is 0 Å². The van der Waals surface area contributed by atoms with Gasteiger partial charge in [0.25, 0.3) is 0 Å². The van der Waals surface area contributed by atoms with Crippen molar-refractivity contribution in [1.29, 1.82) is 0 Å². The van der Waals surface area contributed by atoms with Crippen molar-refractivity contribution < 1.29 is 39.5 Å². The zero-order valence-electron chi connectivity index (χ0n) is 8.82. The molecule has 8 nitrogen and oxygen atoms in total. The maximum absolute atomic E-state index is 10.6. The molecule has 3 N–H and O–H groups in total. The van der Waals surface area contributed by atoms with Crippen LogP contribution in [0.2, 0.25) is 0 Å². The molecule has 0 bridgehead atoms. The van der Waals surface area contributed by atoms with Gasteiger partial charge in [0.1, 0.15) is 11.7 Å². The molecule has 0 aromatic rings. The van der Waals surface area contributed by atoms with Crippen LogP contribution >= 0.6 is 8.25 Å². The van der Waals surface area contributed by atoms with Crippen LogP contribution < -0.4 is 10.2 Å². The van der Waals surface area contributed by atoms with Crippen molar-refractivity contribution in [1.82, 2.24) is 0 Å². The number of aliphatic hydroxyl groups is 3. The highest BCUT2D eigenvalue weighted by Gasteiger charge is 2.35. The fourth-order valence-electron chi connectivity index (χ4n) is 0.770. The number of carbonyl (C=O) groups excluding carboxylic acids is 1. The molecule has 0 aliphatic heterocycles. The summed E-state index contributed by atoms with van der Waals surface area (Å²) >= 11 is 0. The first-order valence-electron chi connectivity index (χ1n) is 4.21. The van der Waals surface area contributed by atoms with E-state index in [0.717, 1.165) is 0 Å². The molecular weight excluding hydrogens is 243 g/mol. The van der Waals surface area contributed by atoms with Crippen LogP contribution in [0.25, 0.3) is 0 Å². The van der Waals surface area contributed by atoms with Gasteiger partial charge in [0.05, 0.1) is 6.61 Å². The molecule has 0 aliphatic rings. The minimum atomic E-state index is -3.15. The maximum Gasteiger partial charge on any atom is 0.479 e. The van der Waals surface area contributed by atoms with Crippen molar-refractivity contribution in [2.75, 3.05) is 6.61 Å². The molecule has 0 rings (SSSR count). The number of Topliss-reactive ketones (excluding diaryl/α,β-unsaturated/α-hetero) is 1. The van der Waals surface area contributed by atoms with Crippen LogP contribution in [0.3, 0.4) is 0 Å². The van der Waals surface area contributed by atoms with E-state index >= 15 is 0 Å². The zero-order chi connectivity index (χ0) is 13.4. The van der Waals surface area contributed by atoms with Crippen LogP contribution in [0.4, 0.5) is 0 Å². The molecule has 16 heavy (non-hydrogen) atoms. The number of aliphatic hydroxyl groups excluding tert-OH is 2. The molecule has 0 radical (unpaired) electrons. The minimum absolute atomic E-state index is 0.143. The molecule has 0 saturated carbocycles. The molecule has 96 valence electrons. The highest BCUT2D eigenvalue weighted by Crippen LogP contribution is 2.14. The van der Waals surface area contributed by atoms with Crippen LogP contribution in [0.1, 0.15) is 20.3 Å². The Hall–Kier alpha value is -0.470. The third-order valence-electron chi connectivity index (χ3n) is 1.84. The number of rotatable bonds is 5. The molecule has 0 aliphatic carbocycles. The number of carbonyl (C=O) groups is 1. The van der Waals surface area contributed by atoms with Gasteiger partial charge in [-0.15, -0.1) is 0 Å². The van der Waals surface area contributed by atoms with Crippen molar-refractivity contribution in [3.63, 3.8) is 0 Å². The fourth-order valence-corrected chi connectivity index (χ4v) is 0.770. The molecule has 0 saturated heterocycles. The second-order valence-electron chi connectivity index (χ2n) is 2.93. The summed E-state index contributed by atoms with van der Waals surface area (Å²) in [5, 5.41) is 35.6. The third-order valence-corrected chi connectivity index (χ3v) is 1.96. The summed E-state index contributed by atoms with van der Waals surface area (Å²) in [6.45, 7) is 2.15. The molecule has 3 unspecified atom stereocenters. The Bertz CT molecular complexity index is 226. The van der Waals surface area contributed by atoms with Gasteiger partial charge in [-0.05, 0) is 17.9 Å². The average molecular weight is 257 g/mol. The second-order valence-corrected chi connectivity index (χ2v) is 3.52. The lowest BCUT2D eigenvalue weighted by molar-refractivity contribution is -0.644. The smallest absolute Gasteiger partial charge is 0.479 e.